The van der Waals surface area contributed by atoms with Gasteiger partial charge in [0.1, 0.15) is 22.7 Å². The van der Waals surface area contributed by atoms with Crippen LogP contribution in [0, 0.1) is 69.2 Å². The summed E-state index contributed by atoms with van der Waals surface area (Å²) in [5.74, 6) is 1.95. The molecule has 0 radical (unpaired) electrons. The van der Waals surface area contributed by atoms with E-state index in [0.29, 0.717) is 0 Å². The third-order valence-corrected chi connectivity index (χ3v) is 16.8. The van der Waals surface area contributed by atoms with Gasteiger partial charge in [0.2, 0.25) is 0 Å². The summed E-state index contributed by atoms with van der Waals surface area (Å²) < 4.78 is 10.1. The highest BCUT2D eigenvalue weighted by Crippen LogP contribution is 2.46. The van der Waals surface area contributed by atoms with Crippen LogP contribution >= 0.6 is 0 Å². The molecule has 0 saturated carbocycles. The topological polar surface area (TPSA) is 45.5 Å². The first-order valence-corrected chi connectivity index (χ1v) is 25.8. The minimum Gasteiger partial charge on any atom is -0.307 e. The minimum absolute atomic E-state index is 0.135. The Bertz CT molecular complexity index is 4300. The van der Waals surface area contributed by atoms with E-state index >= 15 is 0 Å². The van der Waals surface area contributed by atoms with Gasteiger partial charge < -0.3 is 9.13 Å². The van der Waals surface area contributed by atoms with Gasteiger partial charge in [-0.05, 0) is 154 Å². The van der Waals surface area contributed by atoms with Crippen LogP contribution in [0.25, 0.3) is 111 Å². The van der Waals surface area contributed by atoms with Gasteiger partial charge in [0.15, 0.2) is 0 Å². The lowest BCUT2D eigenvalue weighted by atomic mass is 9.34. The highest BCUT2D eigenvalue weighted by Gasteiger charge is 2.44. The molecule has 2 aliphatic rings. The molecule has 7 heteroatoms. The van der Waals surface area contributed by atoms with E-state index in [1.54, 1.807) is 0 Å². The van der Waals surface area contributed by atoms with Crippen molar-refractivity contribution in [1.82, 2.24) is 28.2 Å². The lowest BCUT2D eigenvalue weighted by Gasteiger charge is -2.34. The summed E-state index contributed by atoms with van der Waals surface area (Å²) in [6, 6.07) is 52.7. The summed E-state index contributed by atoms with van der Waals surface area (Å²) in [4.78, 5) is 12.1. The van der Waals surface area contributed by atoms with Gasteiger partial charge in [0, 0.05) is 44.0 Å². The number of hydrogen-bond donors (Lipinski definition) is 0. The fourth-order valence-electron chi connectivity index (χ4n) is 14.2. The average Bonchev–Trinajstić information content (AvgIpc) is 4.13. The summed E-state index contributed by atoms with van der Waals surface area (Å²) >= 11 is 0. The number of rotatable bonds is 4. The van der Waals surface area contributed by atoms with Crippen molar-refractivity contribution in [3.8, 4) is 45.5 Å². The van der Waals surface area contributed by atoms with E-state index in [2.05, 4.69) is 227 Å². The molecule has 6 nitrogen and oxygen atoms in total. The zero-order valence-corrected chi connectivity index (χ0v) is 43.0. The number of para-hydroxylation sites is 4. The third kappa shape index (κ3) is 5.39. The second-order valence-corrected chi connectivity index (χ2v) is 21.5. The first-order valence-electron chi connectivity index (χ1n) is 25.8. The standard InChI is InChI=1S/C66H53BN6/c1-34-28-40(7)54(41(8)29-34)65-68-57-61-46(44-22-11-13-24-50(44)70(61)59-36(3)18-15-19-37(59)4)32-48-63(57)72(65)52-26-17-27-53-56(52)67(48)49-33-47-45-23-12-14-25-51(45)71(60-38(5)20-16-21-39(60)6)62(47)58-64(49)73(53)66(69-58)55-42(9)30-35(2)31-43(55)10/h11-33H,1-10H3. The predicted octanol–water partition coefficient (Wildman–Crippen LogP) is 14.1. The van der Waals surface area contributed by atoms with Crippen molar-refractivity contribution >= 4 is 88.8 Å². The predicted molar refractivity (Wildman–Crippen MR) is 307 cm³/mol. The van der Waals surface area contributed by atoms with Gasteiger partial charge in [-0.3, -0.25) is 9.13 Å². The normalized spacial score (nSPS) is 12.8. The maximum atomic E-state index is 6.04. The number of nitrogens with zero attached hydrogens (tertiary/aromatic N) is 6. The van der Waals surface area contributed by atoms with Crippen LogP contribution in [-0.2, 0) is 0 Å². The first-order chi connectivity index (χ1) is 35.4. The lowest BCUT2D eigenvalue weighted by Crippen LogP contribution is -2.59. The van der Waals surface area contributed by atoms with Crippen LogP contribution in [0.5, 0.6) is 0 Å². The molecular formula is C66H53BN6. The maximum absolute atomic E-state index is 6.04. The van der Waals surface area contributed by atoms with Crippen molar-refractivity contribution in [2.75, 3.05) is 0 Å². The Kier molecular flexibility index (Phi) is 8.46. The number of benzene rings is 9. The van der Waals surface area contributed by atoms with E-state index in [9.17, 15) is 0 Å². The molecule has 13 aromatic rings. The number of hydrogen-bond acceptors (Lipinski definition) is 2. The monoisotopic (exact) mass is 940 g/mol. The minimum atomic E-state index is -0.135. The van der Waals surface area contributed by atoms with Crippen LogP contribution in [0.3, 0.4) is 0 Å². The molecule has 0 N–H and O–H groups in total. The summed E-state index contributed by atoms with van der Waals surface area (Å²) in [6.07, 6.45) is 0. The summed E-state index contributed by atoms with van der Waals surface area (Å²) in [5, 5.41) is 4.87. The van der Waals surface area contributed by atoms with Crippen LogP contribution in [0.2, 0.25) is 0 Å². The molecule has 0 bridgehead atoms. The van der Waals surface area contributed by atoms with Crippen molar-refractivity contribution in [3.63, 3.8) is 0 Å². The zero-order chi connectivity index (χ0) is 49.6. The molecule has 0 amide bonds. The van der Waals surface area contributed by atoms with Crippen molar-refractivity contribution in [2.24, 2.45) is 0 Å². The van der Waals surface area contributed by atoms with Gasteiger partial charge in [-0.25, -0.2) is 9.97 Å². The smallest absolute Gasteiger partial charge is 0.252 e. The maximum Gasteiger partial charge on any atom is 0.252 e. The second-order valence-electron chi connectivity index (χ2n) is 21.5. The first kappa shape index (κ1) is 42.3. The average molecular weight is 941 g/mol. The van der Waals surface area contributed by atoms with Crippen LogP contribution < -0.4 is 16.4 Å². The largest absolute Gasteiger partial charge is 0.307 e. The van der Waals surface area contributed by atoms with Crippen molar-refractivity contribution in [2.45, 2.75) is 69.2 Å². The molecule has 0 fully saturated rings. The fraction of sp³-hybridized carbons (Fsp3) is 0.152. The van der Waals surface area contributed by atoms with Crippen LogP contribution in [0.15, 0.2) is 140 Å². The van der Waals surface area contributed by atoms with E-state index in [4.69, 9.17) is 9.97 Å². The molecule has 73 heavy (non-hydrogen) atoms. The molecule has 2 aliphatic heterocycles. The number of aryl methyl sites for hydroxylation is 10. The third-order valence-electron chi connectivity index (χ3n) is 16.8. The van der Waals surface area contributed by atoms with Crippen LogP contribution in [0.1, 0.15) is 55.6 Å². The van der Waals surface area contributed by atoms with Crippen molar-refractivity contribution in [1.29, 1.82) is 0 Å². The Hall–Kier alpha value is -8.42. The van der Waals surface area contributed by atoms with Crippen molar-refractivity contribution < 1.29 is 0 Å². The second kappa shape index (κ2) is 14.6. The molecule has 0 unspecified atom stereocenters. The van der Waals surface area contributed by atoms with E-state index in [1.165, 1.54) is 127 Å². The van der Waals surface area contributed by atoms with Crippen LogP contribution in [-0.4, -0.2) is 34.9 Å². The Labute approximate surface area is 424 Å². The molecule has 350 valence electrons. The molecule has 9 aromatic carbocycles. The van der Waals surface area contributed by atoms with Gasteiger partial charge in [-0.1, -0.05) is 126 Å². The number of aromatic nitrogens is 6. The van der Waals surface area contributed by atoms with Gasteiger partial charge in [0.05, 0.1) is 44.5 Å². The summed E-state index contributed by atoms with van der Waals surface area (Å²) in [6.45, 7) is 22.3. The fourth-order valence-corrected chi connectivity index (χ4v) is 14.2. The Morgan fingerprint density at radius 1 is 0.342 bits per heavy atom. The van der Waals surface area contributed by atoms with Crippen LogP contribution in [0.4, 0.5) is 0 Å². The highest BCUT2D eigenvalue weighted by atomic mass is 15.1. The molecule has 0 saturated heterocycles. The Morgan fingerprint density at radius 2 is 0.712 bits per heavy atom. The summed E-state index contributed by atoms with van der Waals surface area (Å²) in [7, 11) is 0. The van der Waals surface area contributed by atoms with E-state index in [0.717, 1.165) is 56.1 Å². The molecule has 6 heterocycles. The molecule has 0 spiro atoms. The Morgan fingerprint density at radius 3 is 1.11 bits per heavy atom. The van der Waals surface area contributed by atoms with Gasteiger partial charge in [0.25, 0.3) is 6.71 Å². The molecule has 0 atom stereocenters. The highest BCUT2D eigenvalue weighted by molar-refractivity contribution is 7.00. The molecule has 0 aliphatic carbocycles. The van der Waals surface area contributed by atoms with Gasteiger partial charge in [-0.2, -0.15) is 0 Å². The van der Waals surface area contributed by atoms with Gasteiger partial charge >= 0.3 is 0 Å². The zero-order valence-electron chi connectivity index (χ0n) is 43.0. The van der Waals surface area contributed by atoms with Crippen molar-refractivity contribution in [3.05, 3.63) is 195 Å². The summed E-state index contributed by atoms with van der Waals surface area (Å²) in [5.41, 5.74) is 32.3. The SMILES string of the molecule is Cc1cc(C)c(-c2nc3c4c(cc5c6ccccc6n(-c6c(C)cccc6C)c53)B3c5c(cccc5-n5c(-c6c(C)cc(C)cc6C)nc6c5c3cc3c5ccccc5n(-c5c(C)cccc5C)c36)-n24)c(C)c1. The van der Waals surface area contributed by atoms with E-state index < -0.39 is 0 Å². The van der Waals surface area contributed by atoms with Gasteiger partial charge in [-0.15, -0.1) is 0 Å². The Balaban J connectivity index is 1.18. The molecule has 15 rings (SSSR count). The lowest BCUT2D eigenvalue weighted by molar-refractivity contribution is 1.06. The quantitative estimate of drug-likeness (QED) is 0.165. The number of fused-ring (bicyclic) bond motifs is 12. The van der Waals surface area contributed by atoms with E-state index in [-0.39, 0.29) is 6.71 Å². The molecule has 4 aromatic heterocycles. The van der Waals surface area contributed by atoms with E-state index in [1.807, 2.05) is 0 Å². The number of imidazole rings is 2. The molecular weight excluding hydrogens is 888 g/mol.